The highest BCUT2D eigenvalue weighted by atomic mass is 16.6. The standard InChI is InChI=1S/C29H40O9/c1-28(2,33)26(31)23-9-5-21(6-10-23)25(22-7-11-24(12-8-22)27(32)29(3,4)34)38-20-19-37-18-17-36-16-15-35-14-13-30/h5-12,25,30,33-34H,13-20H2,1-4H3. The summed E-state index contributed by atoms with van der Waals surface area (Å²) in [5.41, 5.74) is -0.621. The Morgan fingerprint density at radius 2 is 0.974 bits per heavy atom. The number of carbonyl (C=O) groups is 2. The van der Waals surface area contributed by atoms with Crippen LogP contribution >= 0.6 is 0 Å². The SMILES string of the molecule is CC(C)(O)C(=O)c1ccc(C(OCCOCCOCCOCCO)c2ccc(C(=O)C(C)(C)O)cc2)cc1. The van der Waals surface area contributed by atoms with Crippen molar-refractivity contribution in [2.75, 3.05) is 52.9 Å². The fraction of sp³-hybridized carbons (Fsp3) is 0.517. The minimum absolute atomic E-state index is 0.0175. The number of ketones is 2. The predicted molar refractivity (Wildman–Crippen MR) is 141 cm³/mol. The van der Waals surface area contributed by atoms with E-state index < -0.39 is 17.3 Å². The maximum atomic E-state index is 12.4. The highest BCUT2D eigenvalue weighted by Gasteiger charge is 2.27. The van der Waals surface area contributed by atoms with Gasteiger partial charge in [-0.2, -0.15) is 0 Å². The van der Waals surface area contributed by atoms with Crippen LogP contribution in [-0.4, -0.2) is 90.9 Å². The Hall–Kier alpha value is -2.50. The molecule has 0 unspecified atom stereocenters. The van der Waals surface area contributed by atoms with Gasteiger partial charge in [0.2, 0.25) is 0 Å². The van der Waals surface area contributed by atoms with Crippen LogP contribution in [0.5, 0.6) is 0 Å². The molecule has 0 bridgehead atoms. The maximum absolute atomic E-state index is 12.4. The summed E-state index contributed by atoms with van der Waals surface area (Å²) in [6.45, 7) is 8.27. The minimum Gasteiger partial charge on any atom is -0.394 e. The molecule has 0 aromatic heterocycles. The largest absolute Gasteiger partial charge is 0.394 e. The first-order valence-corrected chi connectivity index (χ1v) is 12.6. The highest BCUT2D eigenvalue weighted by Crippen LogP contribution is 2.28. The molecule has 0 saturated carbocycles. The summed E-state index contributed by atoms with van der Waals surface area (Å²) < 4.78 is 22.2. The third-order valence-electron chi connectivity index (χ3n) is 5.55. The molecule has 0 saturated heterocycles. The van der Waals surface area contributed by atoms with Crippen molar-refractivity contribution in [2.45, 2.75) is 45.0 Å². The lowest BCUT2D eigenvalue weighted by molar-refractivity contribution is -0.0140. The smallest absolute Gasteiger partial charge is 0.193 e. The Balaban J connectivity index is 2.04. The first kappa shape index (κ1) is 31.7. The lowest BCUT2D eigenvalue weighted by Gasteiger charge is -2.21. The number of aliphatic hydroxyl groups is 3. The van der Waals surface area contributed by atoms with Gasteiger partial charge in [-0.15, -0.1) is 0 Å². The van der Waals surface area contributed by atoms with Crippen LogP contribution in [0, 0.1) is 0 Å². The van der Waals surface area contributed by atoms with Crippen LogP contribution in [0.15, 0.2) is 48.5 Å². The fourth-order valence-corrected chi connectivity index (χ4v) is 3.54. The van der Waals surface area contributed by atoms with Crippen LogP contribution in [0.1, 0.15) is 65.6 Å². The molecule has 0 atom stereocenters. The summed E-state index contributed by atoms with van der Waals surface area (Å²) in [5.74, 6) is -0.766. The van der Waals surface area contributed by atoms with E-state index in [1.54, 1.807) is 48.5 Å². The second kappa shape index (κ2) is 15.2. The van der Waals surface area contributed by atoms with Crippen molar-refractivity contribution in [3.8, 4) is 0 Å². The van der Waals surface area contributed by atoms with Crippen LogP contribution in [0.4, 0.5) is 0 Å². The first-order valence-electron chi connectivity index (χ1n) is 12.6. The summed E-state index contributed by atoms with van der Waals surface area (Å²) in [6, 6.07) is 13.7. The predicted octanol–water partition coefficient (Wildman–Crippen LogP) is 2.74. The molecule has 2 rings (SSSR count). The molecule has 0 heterocycles. The fourth-order valence-electron chi connectivity index (χ4n) is 3.54. The second-order valence-corrected chi connectivity index (χ2v) is 9.83. The van der Waals surface area contributed by atoms with Crippen molar-refractivity contribution in [2.24, 2.45) is 0 Å². The van der Waals surface area contributed by atoms with Gasteiger partial charge in [0.15, 0.2) is 11.6 Å². The normalized spacial score (nSPS) is 12.2. The first-order chi connectivity index (χ1) is 17.9. The molecule has 2 aromatic carbocycles. The Bertz CT molecular complexity index is 917. The van der Waals surface area contributed by atoms with Crippen molar-refractivity contribution >= 4 is 11.6 Å². The average Bonchev–Trinajstić information content (AvgIpc) is 2.88. The molecule has 9 heteroatoms. The number of ether oxygens (including phenoxy) is 4. The van der Waals surface area contributed by atoms with Gasteiger partial charge in [-0.05, 0) is 38.8 Å². The zero-order chi connectivity index (χ0) is 28.2. The summed E-state index contributed by atoms with van der Waals surface area (Å²) >= 11 is 0. The van der Waals surface area contributed by atoms with E-state index in [2.05, 4.69) is 0 Å². The van der Waals surface area contributed by atoms with Crippen molar-refractivity contribution in [3.05, 3.63) is 70.8 Å². The molecule has 0 aliphatic rings. The van der Waals surface area contributed by atoms with Gasteiger partial charge in [0.25, 0.3) is 0 Å². The van der Waals surface area contributed by atoms with Crippen LogP contribution in [0.3, 0.4) is 0 Å². The van der Waals surface area contributed by atoms with Gasteiger partial charge < -0.3 is 34.3 Å². The Morgan fingerprint density at radius 3 is 1.32 bits per heavy atom. The number of carbonyl (C=O) groups excluding carboxylic acids is 2. The quantitative estimate of drug-likeness (QED) is 0.196. The molecule has 0 aliphatic heterocycles. The lowest BCUT2D eigenvalue weighted by atomic mass is 9.92. The van der Waals surface area contributed by atoms with Gasteiger partial charge in [0.05, 0.1) is 52.9 Å². The van der Waals surface area contributed by atoms with Gasteiger partial charge in [0.1, 0.15) is 17.3 Å². The molecule has 0 radical (unpaired) electrons. The van der Waals surface area contributed by atoms with Gasteiger partial charge >= 0.3 is 0 Å². The average molecular weight is 533 g/mol. The number of Topliss-reactive ketones (excluding diaryl/α,β-unsaturated/α-hetero) is 2. The second-order valence-electron chi connectivity index (χ2n) is 9.83. The Labute approximate surface area is 224 Å². The van der Waals surface area contributed by atoms with Crippen molar-refractivity contribution in [1.29, 1.82) is 0 Å². The zero-order valence-electron chi connectivity index (χ0n) is 22.6. The number of aliphatic hydroxyl groups excluding tert-OH is 1. The van der Waals surface area contributed by atoms with E-state index >= 15 is 0 Å². The summed E-state index contributed by atoms with van der Waals surface area (Å²) in [4.78, 5) is 24.8. The van der Waals surface area contributed by atoms with Crippen molar-refractivity contribution < 1.29 is 43.9 Å². The van der Waals surface area contributed by atoms with E-state index in [4.69, 9.17) is 24.1 Å². The van der Waals surface area contributed by atoms with Gasteiger partial charge in [-0.1, -0.05) is 48.5 Å². The van der Waals surface area contributed by atoms with Crippen LogP contribution in [0.25, 0.3) is 0 Å². The highest BCUT2D eigenvalue weighted by molar-refractivity contribution is 6.02. The van der Waals surface area contributed by atoms with Gasteiger partial charge in [-0.25, -0.2) is 0 Å². The summed E-state index contributed by atoms with van der Waals surface area (Å²) in [6.07, 6.45) is -0.504. The third-order valence-corrected chi connectivity index (χ3v) is 5.55. The molecule has 0 fully saturated rings. The van der Waals surface area contributed by atoms with E-state index in [0.717, 1.165) is 11.1 Å². The van der Waals surface area contributed by atoms with Crippen LogP contribution in [0.2, 0.25) is 0 Å². The Kier molecular flexibility index (Phi) is 12.7. The molecule has 3 N–H and O–H groups in total. The molecule has 9 nitrogen and oxygen atoms in total. The number of hydrogen-bond acceptors (Lipinski definition) is 9. The molecule has 0 amide bonds. The lowest BCUT2D eigenvalue weighted by Crippen LogP contribution is -2.31. The molecule has 38 heavy (non-hydrogen) atoms. The maximum Gasteiger partial charge on any atom is 0.193 e. The number of hydrogen-bond donors (Lipinski definition) is 3. The molecular formula is C29H40O9. The minimum atomic E-state index is -1.48. The van der Waals surface area contributed by atoms with E-state index in [0.29, 0.717) is 44.2 Å². The molecule has 210 valence electrons. The zero-order valence-corrected chi connectivity index (χ0v) is 22.6. The summed E-state index contributed by atoms with van der Waals surface area (Å²) in [5, 5.41) is 28.7. The van der Waals surface area contributed by atoms with Crippen LogP contribution < -0.4 is 0 Å². The Morgan fingerprint density at radius 1 is 0.632 bits per heavy atom. The topological polar surface area (TPSA) is 132 Å². The van der Waals surface area contributed by atoms with E-state index in [-0.39, 0.29) is 31.4 Å². The number of benzene rings is 2. The molecule has 0 spiro atoms. The molecule has 0 aliphatic carbocycles. The van der Waals surface area contributed by atoms with Crippen molar-refractivity contribution in [1.82, 2.24) is 0 Å². The monoisotopic (exact) mass is 532 g/mol. The molecular weight excluding hydrogens is 492 g/mol. The molecule has 2 aromatic rings. The third kappa shape index (κ3) is 10.3. The van der Waals surface area contributed by atoms with E-state index in [1.165, 1.54) is 27.7 Å². The van der Waals surface area contributed by atoms with E-state index in [9.17, 15) is 19.8 Å². The van der Waals surface area contributed by atoms with Crippen LogP contribution in [-0.2, 0) is 18.9 Å². The number of rotatable bonds is 18. The van der Waals surface area contributed by atoms with E-state index in [1.807, 2.05) is 0 Å². The van der Waals surface area contributed by atoms with Gasteiger partial charge in [-0.3, -0.25) is 9.59 Å². The summed E-state index contributed by atoms with van der Waals surface area (Å²) in [7, 11) is 0. The van der Waals surface area contributed by atoms with Crippen molar-refractivity contribution in [3.63, 3.8) is 0 Å². The van der Waals surface area contributed by atoms with Gasteiger partial charge in [0, 0.05) is 11.1 Å².